The molecule has 0 aliphatic carbocycles. The van der Waals surface area contributed by atoms with Crippen LogP contribution < -0.4 is 4.90 Å². The minimum Gasteiger partial charge on any atom is -0.346 e. The van der Waals surface area contributed by atoms with E-state index < -0.39 is 5.41 Å². The number of fused-ring (bicyclic) bond motifs is 4. The van der Waals surface area contributed by atoms with E-state index >= 15 is 0 Å². The summed E-state index contributed by atoms with van der Waals surface area (Å²) in [4.78, 5) is 6.85. The second kappa shape index (κ2) is 10.7. The smallest absolute Gasteiger partial charge is 0.209 e. The van der Waals surface area contributed by atoms with Crippen molar-refractivity contribution in [2.75, 3.05) is 19.0 Å². The van der Waals surface area contributed by atoms with Crippen molar-refractivity contribution in [3.05, 3.63) is 144 Å². The average molecular weight is 555 g/mol. The molecule has 4 heteroatoms. The molecule has 0 N–H and O–H groups in total. The van der Waals surface area contributed by atoms with Crippen LogP contribution in [-0.2, 0) is 10.8 Å². The summed E-state index contributed by atoms with van der Waals surface area (Å²) in [6, 6.07) is 18.1. The third-order valence-corrected chi connectivity index (χ3v) is 9.04. The fraction of sp³-hybridized carbons (Fsp3) is 0.211. The number of nitrogens with zero attached hydrogens (tertiary/aromatic N) is 3. The standard InChI is InChI=1S/C38H37FN3/c1-6-23-38(7-2)35(42(5)33-21-19-27-14-11-12-16-30(27)36(33)38)18-10-8-9-17-34-37(3,26-29-15-13-24-40-29)31-25-28(39)20-22-32(31)41(34)4/h6-12,14-25H,2,13,26H2,1,3-5H3/q+1. The number of halogens is 1. The van der Waals surface area contributed by atoms with Gasteiger partial charge in [0.05, 0.1) is 10.8 Å². The molecule has 3 aromatic rings. The quantitative estimate of drug-likeness (QED) is 0.162. The van der Waals surface area contributed by atoms with Gasteiger partial charge in [-0.15, -0.1) is 6.58 Å². The number of anilines is 1. The lowest BCUT2D eigenvalue weighted by molar-refractivity contribution is -0.401. The first kappa shape index (κ1) is 27.6. The lowest BCUT2D eigenvalue weighted by Gasteiger charge is -2.26. The molecule has 0 saturated heterocycles. The third-order valence-electron chi connectivity index (χ3n) is 9.04. The number of hydrogen-bond acceptors (Lipinski definition) is 2. The first-order valence-electron chi connectivity index (χ1n) is 14.6. The SMILES string of the molecule is C=CC1(C=CC)C(=CC=CC=CC2=[N+](C)c3ccc(F)cc3C2(C)CC2=CCC=N2)N(C)c2ccc3ccccc3c21. The van der Waals surface area contributed by atoms with Crippen molar-refractivity contribution in [1.29, 1.82) is 0 Å². The monoisotopic (exact) mass is 554 g/mol. The molecule has 0 radical (unpaired) electrons. The highest BCUT2D eigenvalue weighted by molar-refractivity contribution is 6.04. The zero-order valence-electron chi connectivity index (χ0n) is 24.8. The van der Waals surface area contributed by atoms with Gasteiger partial charge < -0.3 is 4.90 Å². The number of allylic oxidation sites excluding steroid dienone is 9. The van der Waals surface area contributed by atoms with Gasteiger partial charge in [-0.25, -0.2) is 4.39 Å². The van der Waals surface area contributed by atoms with Crippen molar-refractivity contribution in [3.63, 3.8) is 0 Å². The van der Waals surface area contributed by atoms with Gasteiger partial charge in [-0.05, 0) is 48.9 Å². The maximum absolute atomic E-state index is 14.4. The van der Waals surface area contributed by atoms with Gasteiger partial charge >= 0.3 is 0 Å². The molecule has 0 fully saturated rings. The molecule has 3 aliphatic heterocycles. The van der Waals surface area contributed by atoms with Crippen molar-refractivity contribution < 1.29 is 8.97 Å². The Morgan fingerprint density at radius 2 is 1.93 bits per heavy atom. The van der Waals surface area contributed by atoms with Crippen LogP contribution in [0.25, 0.3) is 10.8 Å². The van der Waals surface area contributed by atoms with E-state index in [2.05, 4.69) is 140 Å². The molecule has 2 unspecified atom stereocenters. The topological polar surface area (TPSA) is 18.6 Å². The van der Waals surface area contributed by atoms with E-state index in [-0.39, 0.29) is 11.2 Å². The van der Waals surface area contributed by atoms with Crippen molar-refractivity contribution in [2.24, 2.45) is 4.99 Å². The van der Waals surface area contributed by atoms with E-state index in [9.17, 15) is 4.39 Å². The zero-order chi connectivity index (χ0) is 29.5. The Bertz CT molecular complexity index is 1810. The maximum atomic E-state index is 14.4. The highest BCUT2D eigenvalue weighted by Gasteiger charge is 2.47. The number of benzene rings is 3. The summed E-state index contributed by atoms with van der Waals surface area (Å²) in [5.41, 5.74) is 6.98. The summed E-state index contributed by atoms with van der Waals surface area (Å²) in [6.07, 6.45) is 22.7. The largest absolute Gasteiger partial charge is 0.346 e. The summed E-state index contributed by atoms with van der Waals surface area (Å²) in [7, 11) is 4.19. The average Bonchev–Trinajstić information content (AvgIpc) is 3.64. The molecule has 0 aromatic heterocycles. The first-order valence-corrected chi connectivity index (χ1v) is 14.6. The van der Waals surface area contributed by atoms with Crippen molar-refractivity contribution in [1.82, 2.24) is 0 Å². The lowest BCUT2D eigenvalue weighted by atomic mass is 9.75. The molecule has 6 rings (SSSR count). The molecule has 0 amide bonds. The lowest BCUT2D eigenvalue weighted by Crippen LogP contribution is -2.31. The highest BCUT2D eigenvalue weighted by atomic mass is 19.1. The molecular weight excluding hydrogens is 517 g/mol. The van der Waals surface area contributed by atoms with Gasteiger partial charge in [-0.2, -0.15) is 4.58 Å². The van der Waals surface area contributed by atoms with Crippen LogP contribution in [0.4, 0.5) is 15.8 Å². The molecule has 42 heavy (non-hydrogen) atoms. The van der Waals surface area contributed by atoms with E-state index in [0.717, 1.165) is 41.2 Å². The Morgan fingerprint density at radius 1 is 1.10 bits per heavy atom. The van der Waals surface area contributed by atoms with Crippen molar-refractivity contribution in [3.8, 4) is 0 Å². The molecule has 3 nitrogen and oxygen atoms in total. The molecule has 0 saturated carbocycles. The number of hydrogen-bond donors (Lipinski definition) is 0. The van der Waals surface area contributed by atoms with Crippen LogP contribution in [0.2, 0.25) is 0 Å². The predicted molar refractivity (Wildman–Crippen MR) is 176 cm³/mol. The maximum Gasteiger partial charge on any atom is 0.209 e. The van der Waals surface area contributed by atoms with Gasteiger partial charge in [-0.3, -0.25) is 4.99 Å². The van der Waals surface area contributed by atoms with E-state index in [1.165, 1.54) is 28.1 Å². The van der Waals surface area contributed by atoms with Crippen LogP contribution in [0, 0.1) is 5.82 Å². The van der Waals surface area contributed by atoms with Crippen molar-refractivity contribution in [2.45, 2.75) is 37.5 Å². The summed E-state index contributed by atoms with van der Waals surface area (Å²) < 4.78 is 16.6. The summed E-state index contributed by atoms with van der Waals surface area (Å²) in [5, 5.41) is 2.46. The van der Waals surface area contributed by atoms with Crippen LogP contribution in [-0.4, -0.2) is 30.6 Å². The minimum atomic E-state index is -0.437. The summed E-state index contributed by atoms with van der Waals surface area (Å²) in [6.45, 7) is 8.56. The Balaban J connectivity index is 1.36. The van der Waals surface area contributed by atoms with Crippen LogP contribution in [0.1, 0.15) is 37.8 Å². The van der Waals surface area contributed by atoms with Crippen LogP contribution in [0.3, 0.4) is 0 Å². The number of likely N-dealkylation sites (N-methyl/N-ethyl adjacent to an activating group) is 1. The Hall–Kier alpha value is -4.57. The predicted octanol–water partition coefficient (Wildman–Crippen LogP) is 8.86. The normalized spacial score (nSPS) is 24.3. The first-order chi connectivity index (χ1) is 20.3. The van der Waals surface area contributed by atoms with E-state index in [1.54, 1.807) is 6.07 Å². The Kier molecular flexibility index (Phi) is 7.02. The van der Waals surface area contributed by atoms with Crippen LogP contribution >= 0.6 is 0 Å². The highest BCUT2D eigenvalue weighted by Crippen LogP contribution is 2.52. The van der Waals surface area contributed by atoms with E-state index in [0.29, 0.717) is 0 Å². The van der Waals surface area contributed by atoms with Crippen LogP contribution in [0.5, 0.6) is 0 Å². The van der Waals surface area contributed by atoms with Crippen molar-refractivity contribution >= 4 is 34.1 Å². The van der Waals surface area contributed by atoms with E-state index in [4.69, 9.17) is 0 Å². The molecule has 3 heterocycles. The van der Waals surface area contributed by atoms with Gasteiger partial charge in [0.25, 0.3) is 0 Å². The second-order valence-electron chi connectivity index (χ2n) is 11.5. The van der Waals surface area contributed by atoms with Gasteiger partial charge in [0.15, 0.2) is 5.71 Å². The fourth-order valence-electron chi connectivity index (χ4n) is 7.08. The summed E-state index contributed by atoms with van der Waals surface area (Å²) in [5.74, 6) is -0.213. The molecule has 0 spiro atoms. The van der Waals surface area contributed by atoms with Gasteiger partial charge in [0.1, 0.15) is 12.9 Å². The fourth-order valence-corrected chi connectivity index (χ4v) is 7.08. The third kappa shape index (κ3) is 4.25. The number of rotatable bonds is 7. The van der Waals surface area contributed by atoms with E-state index in [1.807, 2.05) is 12.3 Å². The summed E-state index contributed by atoms with van der Waals surface area (Å²) >= 11 is 0. The number of aliphatic imine (C=N–C) groups is 1. The molecule has 3 aliphatic rings. The molecule has 2 atom stereocenters. The Morgan fingerprint density at radius 3 is 2.69 bits per heavy atom. The minimum absolute atomic E-state index is 0.213. The Labute approximate surface area is 248 Å². The molecule has 3 aromatic carbocycles. The van der Waals surface area contributed by atoms with Gasteiger partial charge in [0.2, 0.25) is 5.69 Å². The molecular formula is C38H37FN3+. The van der Waals surface area contributed by atoms with Gasteiger partial charge in [0, 0.05) is 66.5 Å². The second-order valence-corrected chi connectivity index (χ2v) is 11.5. The van der Waals surface area contributed by atoms with Crippen LogP contribution in [0.15, 0.2) is 132 Å². The molecule has 0 bridgehead atoms. The molecule has 210 valence electrons. The zero-order valence-corrected chi connectivity index (χ0v) is 24.8. The van der Waals surface area contributed by atoms with Gasteiger partial charge in [-0.1, -0.05) is 72.9 Å².